The maximum absolute atomic E-state index is 12.9. The molecule has 0 saturated heterocycles. The number of benzene rings is 1. The van der Waals surface area contributed by atoms with Gasteiger partial charge in [-0.15, -0.1) is 5.92 Å². The number of rotatable bonds is 5. The van der Waals surface area contributed by atoms with Crippen molar-refractivity contribution in [1.29, 1.82) is 0 Å². The predicted octanol–water partition coefficient (Wildman–Crippen LogP) is 3.83. The highest BCUT2D eigenvalue weighted by Crippen LogP contribution is 2.13. The van der Waals surface area contributed by atoms with Gasteiger partial charge < -0.3 is 5.11 Å². The Kier molecular flexibility index (Phi) is 6.35. The van der Waals surface area contributed by atoms with E-state index in [1.54, 1.807) is 12.1 Å². The molecule has 0 aromatic heterocycles. The van der Waals surface area contributed by atoms with Gasteiger partial charge in [0.2, 0.25) is 0 Å². The molecule has 0 saturated carbocycles. The molecule has 17 heavy (non-hydrogen) atoms. The van der Waals surface area contributed by atoms with Crippen LogP contribution in [0.15, 0.2) is 24.3 Å². The van der Waals surface area contributed by atoms with Crippen LogP contribution in [0, 0.1) is 17.7 Å². The fourth-order valence-corrected chi connectivity index (χ4v) is 1.57. The van der Waals surface area contributed by atoms with Crippen molar-refractivity contribution in [2.75, 3.05) is 0 Å². The van der Waals surface area contributed by atoms with E-state index in [4.69, 9.17) is 0 Å². The van der Waals surface area contributed by atoms with E-state index in [2.05, 4.69) is 18.8 Å². The first-order valence-electron chi connectivity index (χ1n) is 6.16. The molecule has 0 heterocycles. The average molecular weight is 234 g/mol. The molecule has 0 unspecified atom stereocenters. The van der Waals surface area contributed by atoms with Gasteiger partial charge in [-0.2, -0.15) is 0 Å². The summed E-state index contributed by atoms with van der Waals surface area (Å²) < 4.78 is 12.9. The minimum atomic E-state index is -0.878. The maximum Gasteiger partial charge on any atom is 0.140 e. The number of hydrogen-bond acceptors (Lipinski definition) is 1. The third-order valence-electron chi connectivity index (χ3n) is 2.56. The van der Waals surface area contributed by atoms with Crippen LogP contribution in [-0.4, -0.2) is 5.11 Å². The number of aliphatic hydroxyl groups is 1. The molecule has 1 nitrogen and oxygen atoms in total. The maximum atomic E-state index is 12.9. The van der Waals surface area contributed by atoms with E-state index in [0.29, 0.717) is 5.56 Å². The Balaban J connectivity index is 2.38. The van der Waals surface area contributed by atoms with Gasteiger partial charge >= 0.3 is 0 Å². The molecule has 1 aromatic rings. The van der Waals surface area contributed by atoms with Crippen molar-refractivity contribution < 1.29 is 9.50 Å². The van der Waals surface area contributed by atoms with Crippen LogP contribution in [0.5, 0.6) is 0 Å². The molecule has 1 rings (SSSR count). The van der Waals surface area contributed by atoms with E-state index in [9.17, 15) is 9.50 Å². The van der Waals surface area contributed by atoms with E-state index >= 15 is 0 Å². The molecule has 0 radical (unpaired) electrons. The highest BCUT2D eigenvalue weighted by Gasteiger charge is 2.03. The zero-order valence-corrected chi connectivity index (χ0v) is 10.2. The van der Waals surface area contributed by atoms with Crippen LogP contribution < -0.4 is 0 Å². The summed E-state index contributed by atoms with van der Waals surface area (Å²) in [5.41, 5.74) is 0.519. The average Bonchev–Trinajstić information content (AvgIpc) is 2.33. The third kappa shape index (κ3) is 5.51. The van der Waals surface area contributed by atoms with Crippen LogP contribution in [-0.2, 0) is 0 Å². The highest BCUT2D eigenvalue weighted by atomic mass is 19.1. The van der Waals surface area contributed by atoms with Gasteiger partial charge in [-0.05, 0) is 24.1 Å². The molecule has 2 heteroatoms. The zero-order chi connectivity index (χ0) is 12.5. The SMILES string of the molecule is CCCCCCC#C[C@H](O)c1cccc(F)c1. The minimum Gasteiger partial charge on any atom is -0.376 e. The molecule has 0 aliphatic rings. The van der Waals surface area contributed by atoms with Crippen molar-refractivity contribution in [2.45, 2.75) is 45.1 Å². The molecule has 0 fully saturated rings. The van der Waals surface area contributed by atoms with Gasteiger partial charge in [0.15, 0.2) is 0 Å². The highest BCUT2D eigenvalue weighted by molar-refractivity contribution is 5.25. The van der Waals surface area contributed by atoms with Gasteiger partial charge in [-0.25, -0.2) is 4.39 Å². The summed E-state index contributed by atoms with van der Waals surface area (Å²) in [5, 5.41) is 9.71. The largest absolute Gasteiger partial charge is 0.376 e. The third-order valence-corrected chi connectivity index (χ3v) is 2.56. The fraction of sp³-hybridized carbons (Fsp3) is 0.467. The summed E-state index contributed by atoms with van der Waals surface area (Å²) in [6.45, 7) is 2.17. The summed E-state index contributed by atoms with van der Waals surface area (Å²) in [7, 11) is 0. The van der Waals surface area contributed by atoms with Crippen LogP contribution in [0.25, 0.3) is 0 Å². The molecule has 0 aliphatic carbocycles. The Morgan fingerprint density at radius 3 is 2.82 bits per heavy atom. The molecular weight excluding hydrogens is 215 g/mol. The van der Waals surface area contributed by atoms with Crippen molar-refractivity contribution in [1.82, 2.24) is 0 Å². The molecule has 1 N–H and O–H groups in total. The lowest BCUT2D eigenvalue weighted by molar-refractivity contribution is 0.237. The van der Waals surface area contributed by atoms with Gasteiger partial charge in [0, 0.05) is 6.42 Å². The Bertz CT molecular complexity index is 389. The number of aliphatic hydroxyl groups excluding tert-OH is 1. The second-order valence-corrected chi connectivity index (χ2v) is 4.09. The van der Waals surface area contributed by atoms with Gasteiger partial charge in [0.25, 0.3) is 0 Å². The van der Waals surface area contributed by atoms with Crippen molar-refractivity contribution in [3.63, 3.8) is 0 Å². The van der Waals surface area contributed by atoms with E-state index in [0.717, 1.165) is 12.8 Å². The van der Waals surface area contributed by atoms with Gasteiger partial charge in [0.05, 0.1) is 0 Å². The lowest BCUT2D eigenvalue weighted by atomic mass is 10.1. The smallest absolute Gasteiger partial charge is 0.140 e. The lowest BCUT2D eigenvalue weighted by Crippen LogP contribution is -1.94. The Morgan fingerprint density at radius 1 is 1.29 bits per heavy atom. The van der Waals surface area contributed by atoms with Gasteiger partial charge in [-0.1, -0.05) is 44.2 Å². The van der Waals surface area contributed by atoms with Crippen LogP contribution in [0.3, 0.4) is 0 Å². The minimum absolute atomic E-state index is 0.341. The number of unbranched alkanes of at least 4 members (excludes halogenated alkanes) is 4. The van der Waals surface area contributed by atoms with Gasteiger partial charge in [-0.3, -0.25) is 0 Å². The molecule has 92 valence electrons. The van der Waals surface area contributed by atoms with Crippen molar-refractivity contribution in [3.8, 4) is 11.8 Å². The van der Waals surface area contributed by atoms with Crippen molar-refractivity contribution >= 4 is 0 Å². The second-order valence-electron chi connectivity index (χ2n) is 4.09. The Labute approximate surface area is 103 Å². The summed E-state index contributed by atoms with van der Waals surface area (Å²) in [6, 6.07) is 5.93. The summed E-state index contributed by atoms with van der Waals surface area (Å²) in [6.07, 6.45) is 4.61. The van der Waals surface area contributed by atoms with Crippen LogP contribution in [0.1, 0.15) is 50.7 Å². The summed E-state index contributed by atoms with van der Waals surface area (Å²) in [5.74, 6) is 5.34. The molecular formula is C15H19FO. The standard InChI is InChI=1S/C15H19FO/c1-2-3-4-5-6-7-11-15(17)13-9-8-10-14(16)12-13/h8-10,12,15,17H,2-6H2,1H3/t15-/m0/s1. The molecule has 0 amide bonds. The molecule has 0 bridgehead atoms. The molecule has 0 spiro atoms. The van der Waals surface area contributed by atoms with Gasteiger partial charge in [0.1, 0.15) is 11.9 Å². The molecule has 1 atom stereocenters. The topological polar surface area (TPSA) is 20.2 Å². The summed E-state index contributed by atoms with van der Waals surface area (Å²) >= 11 is 0. The Hall–Kier alpha value is -1.33. The zero-order valence-electron chi connectivity index (χ0n) is 10.2. The second kappa shape index (κ2) is 7.86. The molecule has 0 aliphatic heterocycles. The van der Waals surface area contributed by atoms with Crippen LogP contribution in [0.2, 0.25) is 0 Å². The van der Waals surface area contributed by atoms with Crippen molar-refractivity contribution in [2.24, 2.45) is 0 Å². The first kappa shape index (κ1) is 13.7. The van der Waals surface area contributed by atoms with Crippen LogP contribution >= 0.6 is 0 Å². The quantitative estimate of drug-likeness (QED) is 0.606. The lowest BCUT2D eigenvalue weighted by Gasteiger charge is -2.02. The fourth-order valence-electron chi connectivity index (χ4n) is 1.57. The first-order chi connectivity index (χ1) is 8.24. The number of hydrogen-bond donors (Lipinski definition) is 1. The summed E-state index contributed by atoms with van der Waals surface area (Å²) in [4.78, 5) is 0. The van der Waals surface area contributed by atoms with E-state index < -0.39 is 6.10 Å². The monoisotopic (exact) mass is 234 g/mol. The Morgan fingerprint density at radius 2 is 2.12 bits per heavy atom. The number of halogens is 1. The van der Waals surface area contributed by atoms with E-state index in [-0.39, 0.29) is 5.82 Å². The normalized spacial score (nSPS) is 11.7. The van der Waals surface area contributed by atoms with Crippen LogP contribution in [0.4, 0.5) is 4.39 Å². The van der Waals surface area contributed by atoms with E-state index in [1.165, 1.54) is 31.4 Å². The predicted molar refractivity (Wildman–Crippen MR) is 67.9 cm³/mol. The van der Waals surface area contributed by atoms with E-state index in [1.807, 2.05) is 0 Å². The molecule has 1 aromatic carbocycles. The van der Waals surface area contributed by atoms with Crippen molar-refractivity contribution in [3.05, 3.63) is 35.6 Å². The first-order valence-corrected chi connectivity index (χ1v) is 6.16.